The maximum absolute atomic E-state index is 12.1. The van der Waals surface area contributed by atoms with Crippen molar-refractivity contribution in [3.05, 3.63) is 59.7 Å². The van der Waals surface area contributed by atoms with Crippen molar-refractivity contribution in [1.29, 1.82) is 0 Å². The van der Waals surface area contributed by atoms with Gasteiger partial charge in [0.2, 0.25) is 5.91 Å². The molecule has 0 heterocycles. The predicted molar refractivity (Wildman–Crippen MR) is 125 cm³/mol. The highest BCUT2D eigenvalue weighted by Gasteiger charge is 2.29. The van der Waals surface area contributed by atoms with Gasteiger partial charge in [-0.25, -0.2) is 9.59 Å². The molecule has 0 bridgehead atoms. The van der Waals surface area contributed by atoms with Crippen LogP contribution in [0.5, 0.6) is 0 Å². The average molecular weight is 457 g/mol. The van der Waals surface area contributed by atoms with Crippen molar-refractivity contribution in [2.45, 2.75) is 31.2 Å². The van der Waals surface area contributed by atoms with Crippen LogP contribution in [-0.4, -0.2) is 54.3 Å². The number of ether oxygens (including phenoxy) is 1. The minimum Gasteiger partial charge on any atom is -0.480 e. The summed E-state index contributed by atoms with van der Waals surface area (Å²) in [6.07, 6.45) is 2.25. The van der Waals surface area contributed by atoms with E-state index in [9.17, 15) is 14.4 Å². The largest absolute Gasteiger partial charge is 0.480 e. The number of hydrogen-bond acceptors (Lipinski definition) is 5. The van der Waals surface area contributed by atoms with Crippen molar-refractivity contribution < 1.29 is 24.2 Å². The van der Waals surface area contributed by atoms with Gasteiger partial charge in [0.1, 0.15) is 12.6 Å². The fourth-order valence-electron chi connectivity index (χ4n) is 3.85. The first-order chi connectivity index (χ1) is 15.5. The van der Waals surface area contributed by atoms with E-state index in [-0.39, 0.29) is 31.4 Å². The van der Waals surface area contributed by atoms with Crippen molar-refractivity contribution >= 4 is 29.7 Å². The van der Waals surface area contributed by atoms with Crippen molar-refractivity contribution in [2.24, 2.45) is 0 Å². The van der Waals surface area contributed by atoms with Gasteiger partial charge in [-0.1, -0.05) is 48.5 Å². The summed E-state index contributed by atoms with van der Waals surface area (Å²) in [5, 5.41) is 14.4. The maximum atomic E-state index is 12.1. The van der Waals surface area contributed by atoms with Crippen LogP contribution in [0.1, 0.15) is 36.3 Å². The molecule has 0 fully saturated rings. The number of carbonyl (C=O) groups excluding carboxylic acids is 2. The highest BCUT2D eigenvalue weighted by atomic mass is 32.2. The first-order valence-electron chi connectivity index (χ1n) is 10.6. The average Bonchev–Trinajstić information content (AvgIpc) is 3.11. The zero-order valence-corrected chi connectivity index (χ0v) is 18.8. The summed E-state index contributed by atoms with van der Waals surface area (Å²) in [5.41, 5.74) is 4.63. The van der Waals surface area contributed by atoms with Crippen molar-refractivity contribution in [2.75, 3.05) is 25.2 Å². The van der Waals surface area contributed by atoms with Crippen LogP contribution in [0, 0.1) is 0 Å². The van der Waals surface area contributed by atoms with E-state index in [0.29, 0.717) is 18.6 Å². The van der Waals surface area contributed by atoms with Crippen LogP contribution in [0.3, 0.4) is 0 Å². The van der Waals surface area contributed by atoms with Gasteiger partial charge < -0.3 is 20.5 Å². The van der Waals surface area contributed by atoms with E-state index in [1.54, 1.807) is 0 Å². The third-order valence-corrected chi connectivity index (χ3v) is 6.08. The van der Waals surface area contributed by atoms with Crippen molar-refractivity contribution in [3.63, 3.8) is 0 Å². The molecule has 0 saturated heterocycles. The van der Waals surface area contributed by atoms with E-state index in [4.69, 9.17) is 9.84 Å². The Kier molecular flexibility index (Phi) is 8.56. The van der Waals surface area contributed by atoms with Gasteiger partial charge in [0.15, 0.2) is 0 Å². The second-order valence-electron chi connectivity index (χ2n) is 7.60. The summed E-state index contributed by atoms with van der Waals surface area (Å²) < 4.78 is 5.46. The fourth-order valence-corrected chi connectivity index (χ4v) is 4.32. The molecule has 0 radical (unpaired) electrons. The summed E-state index contributed by atoms with van der Waals surface area (Å²) in [6.45, 7) is 0.503. The minimum atomic E-state index is -1.04. The van der Waals surface area contributed by atoms with Crippen LogP contribution in [0.4, 0.5) is 4.79 Å². The lowest BCUT2D eigenvalue weighted by molar-refractivity contribution is -0.141. The standard InChI is InChI=1S/C24H28N2O5S/c1-32-14-12-21(23(28)29)26-22(27)11-6-13-25-24(30)31-15-20-18-9-4-2-7-16(18)17-8-3-5-10-19(17)20/h2-5,7-10,20-21H,6,11-15H2,1H3,(H,25,30)(H,26,27)(H,28,29)/t21-/m0/s1. The highest BCUT2D eigenvalue weighted by Crippen LogP contribution is 2.44. The lowest BCUT2D eigenvalue weighted by atomic mass is 9.98. The quantitative estimate of drug-likeness (QED) is 0.446. The number of fused-ring (bicyclic) bond motifs is 3. The predicted octanol–water partition coefficient (Wildman–Crippen LogP) is 3.63. The minimum absolute atomic E-state index is 0.00633. The number of aliphatic carboxylic acids is 1. The van der Waals surface area contributed by atoms with Crippen LogP contribution >= 0.6 is 11.8 Å². The summed E-state index contributed by atoms with van der Waals surface area (Å²) >= 11 is 1.53. The zero-order chi connectivity index (χ0) is 22.9. The molecule has 2 aromatic carbocycles. The number of carboxylic acids is 1. The smallest absolute Gasteiger partial charge is 0.407 e. The molecule has 1 atom stereocenters. The van der Waals surface area contributed by atoms with Gasteiger partial charge in [-0.05, 0) is 47.1 Å². The Hall–Kier alpha value is -3.00. The third-order valence-electron chi connectivity index (χ3n) is 5.44. The van der Waals surface area contributed by atoms with E-state index in [2.05, 4.69) is 34.9 Å². The molecular weight excluding hydrogens is 428 g/mol. The molecule has 0 unspecified atom stereocenters. The molecule has 1 aliphatic carbocycles. The summed E-state index contributed by atoms with van der Waals surface area (Å²) in [5.74, 6) is -0.731. The lowest BCUT2D eigenvalue weighted by Crippen LogP contribution is -2.41. The summed E-state index contributed by atoms with van der Waals surface area (Å²) in [7, 11) is 0. The molecule has 32 heavy (non-hydrogen) atoms. The number of hydrogen-bond donors (Lipinski definition) is 3. The number of amides is 2. The molecule has 0 saturated carbocycles. The Morgan fingerprint density at radius 1 is 1.06 bits per heavy atom. The Labute approximate surface area is 191 Å². The molecule has 1 aliphatic rings. The second kappa shape index (κ2) is 11.6. The number of benzene rings is 2. The molecule has 7 nitrogen and oxygen atoms in total. The Balaban J connectivity index is 1.41. The first kappa shape index (κ1) is 23.7. The van der Waals surface area contributed by atoms with Gasteiger partial charge in [-0.2, -0.15) is 11.8 Å². The second-order valence-corrected chi connectivity index (χ2v) is 8.58. The number of carbonyl (C=O) groups is 3. The van der Waals surface area contributed by atoms with Crippen molar-refractivity contribution in [1.82, 2.24) is 10.6 Å². The molecule has 8 heteroatoms. The number of alkyl carbamates (subject to hydrolysis) is 1. The van der Waals surface area contributed by atoms with Crippen LogP contribution in [0.25, 0.3) is 11.1 Å². The van der Waals surface area contributed by atoms with Gasteiger partial charge in [-0.3, -0.25) is 4.79 Å². The molecule has 2 aromatic rings. The molecule has 3 rings (SSSR count). The molecule has 0 aliphatic heterocycles. The first-order valence-corrected chi connectivity index (χ1v) is 12.0. The molecule has 0 spiro atoms. The number of thioether (sulfide) groups is 1. The van der Waals surface area contributed by atoms with Gasteiger partial charge >= 0.3 is 12.1 Å². The van der Waals surface area contributed by atoms with Gasteiger partial charge in [0.05, 0.1) is 0 Å². The zero-order valence-electron chi connectivity index (χ0n) is 18.0. The normalized spacial score (nSPS) is 13.0. The monoisotopic (exact) mass is 456 g/mol. The Morgan fingerprint density at radius 2 is 1.69 bits per heavy atom. The number of nitrogens with one attached hydrogen (secondary N) is 2. The Bertz CT molecular complexity index is 919. The van der Waals surface area contributed by atoms with Crippen LogP contribution in [-0.2, 0) is 14.3 Å². The van der Waals surface area contributed by atoms with Gasteiger partial charge in [-0.15, -0.1) is 0 Å². The maximum Gasteiger partial charge on any atom is 0.407 e. The van der Waals surface area contributed by atoms with E-state index in [0.717, 1.165) is 11.1 Å². The molecule has 2 amide bonds. The van der Waals surface area contributed by atoms with Gasteiger partial charge in [0.25, 0.3) is 0 Å². The SMILES string of the molecule is CSCC[C@H](NC(=O)CCCNC(=O)OCC1c2ccccc2-c2ccccc21)C(=O)O. The van der Waals surface area contributed by atoms with Gasteiger partial charge in [0, 0.05) is 18.9 Å². The molecule has 3 N–H and O–H groups in total. The van der Waals surface area contributed by atoms with E-state index in [1.807, 2.05) is 30.5 Å². The number of carboxylic acid groups (broad SMARTS) is 1. The van der Waals surface area contributed by atoms with Crippen molar-refractivity contribution in [3.8, 4) is 11.1 Å². The Morgan fingerprint density at radius 3 is 2.28 bits per heavy atom. The molecule has 0 aromatic heterocycles. The fraction of sp³-hybridized carbons (Fsp3) is 0.375. The summed E-state index contributed by atoms with van der Waals surface area (Å²) in [6, 6.07) is 15.4. The van der Waals surface area contributed by atoms with Crippen LogP contribution < -0.4 is 10.6 Å². The van der Waals surface area contributed by atoms with Crippen LogP contribution in [0.2, 0.25) is 0 Å². The molecular formula is C24H28N2O5S. The third kappa shape index (κ3) is 6.03. The number of rotatable bonds is 11. The highest BCUT2D eigenvalue weighted by molar-refractivity contribution is 7.98. The van der Waals surface area contributed by atoms with E-state index < -0.39 is 18.1 Å². The van der Waals surface area contributed by atoms with E-state index in [1.165, 1.54) is 22.9 Å². The molecule has 170 valence electrons. The summed E-state index contributed by atoms with van der Waals surface area (Å²) in [4.78, 5) is 35.3. The topological polar surface area (TPSA) is 105 Å². The lowest BCUT2D eigenvalue weighted by Gasteiger charge is -2.15. The van der Waals surface area contributed by atoms with Crippen LogP contribution in [0.15, 0.2) is 48.5 Å². The van der Waals surface area contributed by atoms with E-state index >= 15 is 0 Å².